The number of thioether (sulfide) groups is 1. The fourth-order valence-electron chi connectivity index (χ4n) is 1.79. The molecular weight excluding hydrogens is 282 g/mol. The first-order chi connectivity index (χ1) is 7.54. The lowest BCUT2D eigenvalue weighted by molar-refractivity contribution is 0.766. The summed E-state index contributed by atoms with van der Waals surface area (Å²) >= 11 is 5.54. The van der Waals surface area contributed by atoms with E-state index in [9.17, 15) is 0 Å². The van der Waals surface area contributed by atoms with Crippen LogP contribution in [0.5, 0.6) is 0 Å². The van der Waals surface area contributed by atoms with Crippen molar-refractivity contribution in [1.82, 2.24) is 5.32 Å². The summed E-state index contributed by atoms with van der Waals surface area (Å²) in [6.45, 7) is 4.51. The lowest BCUT2D eigenvalue weighted by atomic mass is 9.90. The van der Waals surface area contributed by atoms with Gasteiger partial charge in [0.15, 0.2) is 0 Å². The van der Waals surface area contributed by atoms with E-state index in [4.69, 9.17) is 0 Å². The van der Waals surface area contributed by atoms with Crippen molar-refractivity contribution in [1.29, 1.82) is 0 Å². The third-order valence-corrected chi connectivity index (χ3v) is 5.02. The van der Waals surface area contributed by atoms with Crippen molar-refractivity contribution in [3.05, 3.63) is 46.1 Å². The average Bonchev–Trinajstić information content (AvgIpc) is 2.29. The second-order valence-corrected chi connectivity index (χ2v) is 6.81. The quantitative estimate of drug-likeness (QED) is 0.833. The topological polar surface area (TPSA) is 12.0 Å². The highest BCUT2D eigenvalue weighted by atomic mass is 79.9. The Morgan fingerprint density at radius 2 is 2.12 bits per heavy atom. The van der Waals surface area contributed by atoms with Gasteiger partial charge in [0, 0.05) is 9.23 Å². The Hall–Kier alpha value is -0.410. The molecule has 2 aliphatic rings. The van der Waals surface area contributed by atoms with Crippen LogP contribution >= 0.6 is 27.7 Å². The van der Waals surface area contributed by atoms with Gasteiger partial charge in [0.25, 0.3) is 0 Å². The van der Waals surface area contributed by atoms with Gasteiger partial charge in [-0.25, -0.2) is 0 Å². The van der Waals surface area contributed by atoms with Crippen molar-refractivity contribution < 1.29 is 0 Å². The molecule has 1 aliphatic heterocycles. The minimum Gasteiger partial charge on any atom is -0.380 e. The number of rotatable bonds is 2. The molecule has 0 radical (unpaired) electrons. The maximum absolute atomic E-state index is 3.67. The van der Waals surface area contributed by atoms with E-state index in [0.717, 1.165) is 0 Å². The van der Waals surface area contributed by atoms with Crippen LogP contribution in [0.2, 0.25) is 0 Å². The summed E-state index contributed by atoms with van der Waals surface area (Å²) in [5.41, 5.74) is 2.69. The Morgan fingerprint density at radius 3 is 2.81 bits per heavy atom. The molecule has 0 spiro atoms. The second-order valence-electron chi connectivity index (χ2n) is 4.47. The second kappa shape index (κ2) is 4.46. The molecule has 86 valence electrons. The van der Waals surface area contributed by atoms with Gasteiger partial charge in [0.1, 0.15) is 0 Å². The zero-order valence-electron chi connectivity index (χ0n) is 9.75. The molecule has 1 N–H and O–H groups in total. The monoisotopic (exact) mass is 297 g/mol. The molecule has 1 unspecified atom stereocenters. The maximum atomic E-state index is 3.67. The minimum atomic E-state index is 0.159. The summed E-state index contributed by atoms with van der Waals surface area (Å²) in [6.07, 6.45) is 12.9. The summed E-state index contributed by atoms with van der Waals surface area (Å²) in [4.78, 5) is 0. The van der Waals surface area contributed by atoms with Crippen LogP contribution in [-0.2, 0) is 0 Å². The van der Waals surface area contributed by atoms with E-state index in [1.54, 1.807) is 0 Å². The van der Waals surface area contributed by atoms with Gasteiger partial charge in [-0.1, -0.05) is 28.1 Å². The van der Waals surface area contributed by atoms with Crippen molar-refractivity contribution in [2.75, 3.05) is 6.26 Å². The Morgan fingerprint density at radius 1 is 1.38 bits per heavy atom. The molecule has 0 aromatic heterocycles. The van der Waals surface area contributed by atoms with Gasteiger partial charge < -0.3 is 5.32 Å². The summed E-state index contributed by atoms with van der Waals surface area (Å²) in [5.74, 6) is 0. The highest BCUT2D eigenvalue weighted by molar-refractivity contribution is 9.11. The molecule has 0 saturated heterocycles. The van der Waals surface area contributed by atoms with Crippen LogP contribution in [0.4, 0.5) is 0 Å². The zero-order chi connectivity index (χ0) is 11.8. The van der Waals surface area contributed by atoms with E-state index >= 15 is 0 Å². The number of halogens is 1. The number of fused-ring (bicyclic) bond motifs is 1. The number of allylic oxidation sites excluding steroid dienone is 3. The van der Waals surface area contributed by atoms with Gasteiger partial charge in [-0.2, -0.15) is 11.8 Å². The van der Waals surface area contributed by atoms with Crippen molar-refractivity contribution in [3.8, 4) is 0 Å². The summed E-state index contributed by atoms with van der Waals surface area (Å²) in [5, 5.41) is 3.35. The molecule has 1 heterocycles. The molecule has 1 nitrogen and oxygen atoms in total. The molecule has 0 fully saturated rings. The van der Waals surface area contributed by atoms with Crippen LogP contribution < -0.4 is 5.32 Å². The third kappa shape index (κ3) is 2.16. The van der Waals surface area contributed by atoms with Crippen LogP contribution in [0.25, 0.3) is 0 Å². The molecule has 3 heteroatoms. The van der Waals surface area contributed by atoms with Crippen molar-refractivity contribution in [2.45, 2.75) is 24.6 Å². The van der Waals surface area contributed by atoms with Crippen LogP contribution in [-0.4, -0.2) is 17.0 Å². The largest absolute Gasteiger partial charge is 0.380 e. The van der Waals surface area contributed by atoms with Crippen molar-refractivity contribution in [2.24, 2.45) is 0 Å². The summed E-state index contributed by atoms with van der Waals surface area (Å²) in [7, 11) is 0. The molecule has 0 bridgehead atoms. The number of hydrogen-bond acceptors (Lipinski definition) is 2. The maximum Gasteiger partial charge on any atom is 0.0828 e. The Bertz CT molecular complexity index is 416. The highest BCUT2D eigenvalue weighted by Gasteiger charge is 2.27. The van der Waals surface area contributed by atoms with Gasteiger partial charge in [-0.05, 0) is 49.6 Å². The van der Waals surface area contributed by atoms with E-state index < -0.39 is 0 Å². The number of nitrogens with one attached hydrogen (secondary N) is 1. The SMILES string of the molecule is CSC(C)(C)C1=CC2=CC=CNC2C(Br)=C1. The van der Waals surface area contributed by atoms with Crippen molar-refractivity contribution in [3.63, 3.8) is 0 Å². The normalized spacial score (nSPS) is 24.0. The average molecular weight is 298 g/mol. The third-order valence-electron chi connectivity index (χ3n) is 3.08. The molecule has 0 aromatic carbocycles. The van der Waals surface area contributed by atoms with E-state index in [2.05, 4.69) is 65.7 Å². The Labute approximate surface area is 110 Å². The predicted octanol–water partition coefficient (Wildman–Crippen LogP) is 3.76. The molecule has 0 amide bonds. The van der Waals surface area contributed by atoms with Gasteiger partial charge in [0.05, 0.1) is 6.04 Å². The first kappa shape index (κ1) is 12.1. The fourth-order valence-corrected chi connectivity index (χ4v) is 2.79. The zero-order valence-corrected chi connectivity index (χ0v) is 12.2. The minimum absolute atomic E-state index is 0.159. The van der Waals surface area contributed by atoms with Crippen LogP contribution in [0.3, 0.4) is 0 Å². The van der Waals surface area contributed by atoms with Gasteiger partial charge in [-0.3, -0.25) is 0 Å². The standard InChI is InChI=1S/C13H16BrNS/c1-13(2,16-3)10-7-9-5-4-6-15-12(9)11(14)8-10/h4-8,12,15H,1-3H3. The summed E-state index contributed by atoms with van der Waals surface area (Å²) in [6, 6.07) is 0.298. The molecule has 16 heavy (non-hydrogen) atoms. The Balaban J connectivity index is 2.39. The van der Waals surface area contributed by atoms with E-state index in [-0.39, 0.29) is 4.75 Å². The number of hydrogen-bond donors (Lipinski definition) is 1. The molecular formula is C13H16BrNS. The van der Waals surface area contributed by atoms with E-state index in [1.807, 2.05) is 18.0 Å². The van der Waals surface area contributed by atoms with E-state index in [1.165, 1.54) is 15.6 Å². The summed E-state index contributed by atoms with van der Waals surface area (Å²) < 4.78 is 1.37. The van der Waals surface area contributed by atoms with Gasteiger partial charge >= 0.3 is 0 Å². The Kier molecular flexibility index (Phi) is 3.36. The molecule has 0 aromatic rings. The molecule has 0 saturated carbocycles. The van der Waals surface area contributed by atoms with Crippen LogP contribution in [0.15, 0.2) is 46.1 Å². The smallest absolute Gasteiger partial charge is 0.0828 e. The van der Waals surface area contributed by atoms with Crippen molar-refractivity contribution >= 4 is 27.7 Å². The first-order valence-electron chi connectivity index (χ1n) is 5.32. The predicted molar refractivity (Wildman–Crippen MR) is 76.8 cm³/mol. The van der Waals surface area contributed by atoms with Gasteiger partial charge in [0.2, 0.25) is 0 Å². The van der Waals surface area contributed by atoms with Crippen LogP contribution in [0.1, 0.15) is 13.8 Å². The fraction of sp³-hybridized carbons (Fsp3) is 0.385. The lowest BCUT2D eigenvalue weighted by Crippen LogP contribution is -2.32. The first-order valence-corrected chi connectivity index (χ1v) is 7.33. The molecule has 1 atom stereocenters. The van der Waals surface area contributed by atoms with E-state index in [0.29, 0.717) is 6.04 Å². The van der Waals surface area contributed by atoms with Gasteiger partial charge in [-0.15, -0.1) is 0 Å². The molecule has 1 aliphatic carbocycles. The molecule has 2 rings (SSSR count). The van der Waals surface area contributed by atoms with Crippen LogP contribution in [0, 0.1) is 0 Å². The lowest BCUT2D eigenvalue weighted by Gasteiger charge is -2.31. The highest BCUT2D eigenvalue weighted by Crippen LogP contribution is 2.38. The number of dihydropyridines is 1.